The van der Waals surface area contributed by atoms with Gasteiger partial charge in [0.05, 0.1) is 12.3 Å². The van der Waals surface area contributed by atoms with Crippen molar-refractivity contribution in [2.75, 3.05) is 13.2 Å². The lowest BCUT2D eigenvalue weighted by molar-refractivity contribution is 0.268. The maximum atomic E-state index is 12.4. The van der Waals surface area contributed by atoms with E-state index in [-0.39, 0.29) is 5.56 Å². The van der Waals surface area contributed by atoms with Gasteiger partial charge in [-0.3, -0.25) is 14.1 Å². The smallest absolute Gasteiger partial charge is 0.258 e. The number of aromatic nitrogens is 2. The van der Waals surface area contributed by atoms with Crippen molar-refractivity contribution in [1.29, 1.82) is 0 Å². The maximum Gasteiger partial charge on any atom is 0.258 e. The highest BCUT2D eigenvalue weighted by molar-refractivity contribution is 5.40. The van der Waals surface area contributed by atoms with Gasteiger partial charge in [0, 0.05) is 25.4 Å². The Hall–Kier alpha value is -2.66. The van der Waals surface area contributed by atoms with Crippen molar-refractivity contribution in [2.45, 2.75) is 33.9 Å². The maximum absolute atomic E-state index is 12.4. The first-order valence-electron chi connectivity index (χ1n) is 9.02. The summed E-state index contributed by atoms with van der Waals surface area (Å²) in [6.45, 7) is 9.06. The van der Waals surface area contributed by atoms with Crippen LogP contribution in [0.4, 0.5) is 0 Å². The molecule has 0 N–H and O–H groups in total. The highest BCUT2D eigenvalue weighted by atomic mass is 16.5. The van der Waals surface area contributed by atoms with E-state index >= 15 is 0 Å². The summed E-state index contributed by atoms with van der Waals surface area (Å²) in [5.41, 5.74) is 3.70. The SMILES string of the molecule is CCOc1ccc(CN(CC)Cc2cc(=O)n3cc(C)ccc3n2)cc1. The lowest BCUT2D eigenvalue weighted by Crippen LogP contribution is -2.25. The van der Waals surface area contributed by atoms with Crippen LogP contribution in [0.5, 0.6) is 5.75 Å². The molecule has 0 amide bonds. The van der Waals surface area contributed by atoms with Crippen molar-refractivity contribution in [3.05, 3.63) is 75.8 Å². The molecule has 3 aromatic rings. The number of benzene rings is 1. The highest BCUT2D eigenvalue weighted by Gasteiger charge is 2.09. The van der Waals surface area contributed by atoms with Gasteiger partial charge in [-0.15, -0.1) is 0 Å². The molecule has 0 aliphatic rings. The van der Waals surface area contributed by atoms with Gasteiger partial charge in [0.25, 0.3) is 5.56 Å². The van der Waals surface area contributed by atoms with Crippen molar-refractivity contribution in [2.24, 2.45) is 0 Å². The number of aryl methyl sites for hydroxylation is 1. The minimum Gasteiger partial charge on any atom is -0.494 e. The third kappa shape index (κ3) is 4.29. The molecule has 0 fully saturated rings. The van der Waals surface area contributed by atoms with E-state index < -0.39 is 0 Å². The van der Waals surface area contributed by atoms with Crippen LogP contribution in [0.2, 0.25) is 0 Å². The van der Waals surface area contributed by atoms with Gasteiger partial charge in [-0.1, -0.05) is 25.1 Å². The normalized spacial score (nSPS) is 11.2. The summed E-state index contributed by atoms with van der Waals surface area (Å²) in [6, 6.07) is 13.7. The Morgan fingerprint density at radius 3 is 2.54 bits per heavy atom. The number of rotatable bonds is 7. The Labute approximate surface area is 153 Å². The van der Waals surface area contributed by atoms with E-state index in [0.717, 1.165) is 30.1 Å². The van der Waals surface area contributed by atoms with Gasteiger partial charge < -0.3 is 4.74 Å². The highest BCUT2D eigenvalue weighted by Crippen LogP contribution is 2.14. The number of hydrogen-bond acceptors (Lipinski definition) is 4. The van der Waals surface area contributed by atoms with Gasteiger partial charge in [0.1, 0.15) is 11.4 Å². The molecule has 0 aliphatic carbocycles. The summed E-state index contributed by atoms with van der Waals surface area (Å²) in [4.78, 5) is 19.3. The van der Waals surface area contributed by atoms with Crippen LogP contribution in [0.15, 0.2) is 53.5 Å². The summed E-state index contributed by atoms with van der Waals surface area (Å²) in [7, 11) is 0. The van der Waals surface area contributed by atoms with Crippen LogP contribution in [0.25, 0.3) is 5.65 Å². The third-order valence-electron chi connectivity index (χ3n) is 4.33. The van der Waals surface area contributed by atoms with Gasteiger partial charge in [-0.2, -0.15) is 0 Å². The van der Waals surface area contributed by atoms with E-state index in [9.17, 15) is 4.79 Å². The fraction of sp³-hybridized carbons (Fsp3) is 0.333. The Bertz CT molecular complexity index is 932. The average molecular weight is 351 g/mol. The van der Waals surface area contributed by atoms with E-state index in [1.807, 2.05) is 44.3 Å². The Morgan fingerprint density at radius 2 is 1.85 bits per heavy atom. The van der Waals surface area contributed by atoms with E-state index in [4.69, 9.17) is 4.74 Å². The van der Waals surface area contributed by atoms with Crippen LogP contribution in [0, 0.1) is 6.92 Å². The zero-order valence-electron chi connectivity index (χ0n) is 15.6. The molecular formula is C21H25N3O2. The number of ether oxygens (including phenoxy) is 1. The molecule has 0 saturated carbocycles. The fourth-order valence-corrected chi connectivity index (χ4v) is 2.96. The Balaban J connectivity index is 1.76. The second-order valence-electron chi connectivity index (χ2n) is 6.40. The number of nitrogens with zero attached hydrogens (tertiary/aromatic N) is 3. The van der Waals surface area contributed by atoms with Crippen LogP contribution in [0.1, 0.15) is 30.7 Å². The van der Waals surface area contributed by atoms with Crippen LogP contribution < -0.4 is 10.3 Å². The van der Waals surface area contributed by atoms with Crippen molar-refractivity contribution < 1.29 is 4.74 Å². The molecule has 0 unspecified atom stereocenters. The van der Waals surface area contributed by atoms with Gasteiger partial charge >= 0.3 is 0 Å². The van der Waals surface area contributed by atoms with E-state index in [2.05, 4.69) is 28.9 Å². The number of hydrogen-bond donors (Lipinski definition) is 0. The predicted octanol–water partition coefficient (Wildman–Crippen LogP) is 3.42. The molecule has 26 heavy (non-hydrogen) atoms. The second kappa shape index (κ2) is 8.15. The molecule has 5 heteroatoms. The number of pyridine rings is 1. The van der Waals surface area contributed by atoms with Gasteiger partial charge in [-0.25, -0.2) is 4.98 Å². The van der Waals surface area contributed by atoms with Crippen LogP contribution in [0.3, 0.4) is 0 Å². The first-order valence-corrected chi connectivity index (χ1v) is 9.02. The molecule has 0 aliphatic heterocycles. The molecule has 2 heterocycles. The minimum absolute atomic E-state index is 0.0363. The molecule has 3 rings (SSSR count). The van der Waals surface area contributed by atoms with Crippen molar-refractivity contribution in [1.82, 2.24) is 14.3 Å². The molecular weight excluding hydrogens is 326 g/mol. The lowest BCUT2D eigenvalue weighted by Gasteiger charge is -2.20. The van der Waals surface area contributed by atoms with Crippen LogP contribution >= 0.6 is 0 Å². The van der Waals surface area contributed by atoms with Gasteiger partial charge in [0.15, 0.2) is 0 Å². The quantitative estimate of drug-likeness (QED) is 0.654. The molecule has 2 aromatic heterocycles. The zero-order chi connectivity index (χ0) is 18.5. The van der Waals surface area contributed by atoms with E-state index in [0.29, 0.717) is 18.8 Å². The standard InChI is InChI=1S/C21H25N3O2/c1-4-23(14-17-7-9-19(10-8-17)26-5-2)15-18-12-21(25)24-13-16(3)6-11-20(24)22-18/h6-13H,4-5,14-15H2,1-3H3. The molecule has 136 valence electrons. The van der Waals surface area contributed by atoms with Gasteiger partial charge in [0.2, 0.25) is 0 Å². The summed E-state index contributed by atoms with van der Waals surface area (Å²) in [5.74, 6) is 0.888. The van der Waals surface area contributed by atoms with Crippen LogP contribution in [-0.2, 0) is 13.1 Å². The second-order valence-corrected chi connectivity index (χ2v) is 6.40. The zero-order valence-corrected chi connectivity index (χ0v) is 15.6. The van der Waals surface area contributed by atoms with Crippen molar-refractivity contribution >= 4 is 5.65 Å². The Morgan fingerprint density at radius 1 is 1.08 bits per heavy atom. The Kier molecular flexibility index (Phi) is 5.68. The van der Waals surface area contributed by atoms with Crippen molar-refractivity contribution in [3.8, 4) is 5.75 Å². The summed E-state index contributed by atoms with van der Waals surface area (Å²) >= 11 is 0. The summed E-state index contributed by atoms with van der Waals surface area (Å²) in [5, 5.41) is 0. The minimum atomic E-state index is -0.0363. The molecule has 0 radical (unpaired) electrons. The molecule has 0 saturated heterocycles. The predicted molar refractivity (Wildman–Crippen MR) is 104 cm³/mol. The molecule has 0 atom stereocenters. The van der Waals surface area contributed by atoms with E-state index in [1.165, 1.54) is 5.56 Å². The molecule has 5 nitrogen and oxygen atoms in total. The molecule has 0 spiro atoms. The largest absolute Gasteiger partial charge is 0.494 e. The van der Waals surface area contributed by atoms with Crippen molar-refractivity contribution in [3.63, 3.8) is 0 Å². The fourth-order valence-electron chi connectivity index (χ4n) is 2.96. The first kappa shape index (κ1) is 18.1. The summed E-state index contributed by atoms with van der Waals surface area (Å²) < 4.78 is 7.09. The molecule has 0 bridgehead atoms. The van der Waals surface area contributed by atoms with E-state index in [1.54, 1.807) is 10.5 Å². The topological polar surface area (TPSA) is 46.8 Å². The third-order valence-corrected chi connectivity index (χ3v) is 4.33. The first-order chi connectivity index (χ1) is 12.6. The lowest BCUT2D eigenvalue weighted by atomic mass is 10.2. The molecule has 1 aromatic carbocycles. The number of fused-ring (bicyclic) bond motifs is 1. The van der Waals surface area contributed by atoms with Gasteiger partial charge in [-0.05, 0) is 49.7 Å². The summed E-state index contributed by atoms with van der Waals surface area (Å²) in [6.07, 6.45) is 1.83. The average Bonchev–Trinajstić information content (AvgIpc) is 2.63. The monoisotopic (exact) mass is 351 g/mol. The van der Waals surface area contributed by atoms with Crippen LogP contribution in [-0.4, -0.2) is 27.4 Å².